The summed E-state index contributed by atoms with van der Waals surface area (Å²) in [5.41, 5.74) is 7.91. The summed E-state index contributed by atoms with van der Waals surface area (Å²) in [7, 11) is 0. The number of rotatable bonds is 3. The highest BCUT2D eigenvalue weighted by Crippen LogP contribution is 2.30. The molecule has 21 heavy (non-hydrogen) atoms. The topological polar surface area (TPSA) is 67.1 Å². The zero-order valence-electron chi connectivity index (χ0n) is 11.0. The Hall–Kier alpha value is -2.21. The molecule has 0 radical (unpaired) electrons. The van der Waals surface area contributed by atoms with Crippen molar-refractivity contribution in [2.45, 2.75) is 6.42 Å². The van der Waals surface area contributed by atoms with Crippen LogP contribution < -0.4 is 5.73 Å². The fraction of sp³-hybridized carbons (Fsp3) is 0.0667. The Labute approximate surface area is 129 Å². The van der Waals surface area contributed by atoms with Crippen LogP contribution in [0.15, 0.2) is 52.2 Å². The van der Waals surface area contributed by atoms with Gasteiger partial charge in [0.15, 0.2) is 5.82 Å². The van der Waals surface area contributed by atoms with Gasteiger partial charge in [0.05, 0.1) is 15.5 Å². The summed E-state index contributed by atoms with van der Waals surface area (Å²) < 4.78 is 14.5. The standard InChI is InChI=1S/C15H12BrFN4/c16-10-7-19-15-13(14(10)17)11(8-20-15)21-12(18)6-9-4-2-1-3-5-9/h1-5,7-8H,6H2,(H2,18,21)(H,19,20). The van der Waals surface area contributed by atoms with Gasteiger partial charge in [-0.05, 0) is 21.5 Å². The summed E-state index contributed by atoms with van der Waals surface area (Å²) in [5, 5.41) is 0.334. The number of pyridine rings is 1. The monoisotopic (exact) mass is 346 g/mol. The molecule has 6 heteroatoms. The van der Waals surface area contributed by atoms with E-state index in [0.717, 1.165) is 5.56 Å². The van der Waals surface area contributed by atoms with Crippen molar-refractivity contribution >= 4 is 38.5 Å². The second-order valence-corrected chi connectivity index (χ2v) is 5.44. The van der Waals surface area contributed by atoms with E-state index in [1.54, 1.807) is 6.20 Å². The fourth-order valence-electron chi connectivity index (χ4n) is 2.11. The van der Waals surface area contributed by atoms with Gasteiger partial charge in [-0.1, -0.05) is 30.3 Å². The molecule has 3 rings (SSSR count). The van der Waals surface area contributed by atoms with Gasteiger partial charge in [0, 0.05) is 18.8 Å². The van der Waals surface area contributed by atoms with E-state index in [4.69, 9.17) is 5.73 Å². The van der Waals surface area contributed by atoms with E-state index in [0.29, 0.717) is 33.4 Å². The van der Waals surface area contributed by atoms with Gasteiger partial charge >= 0.3 is 0 Å². The van der Waals surface area contributed by atoms with E-state index in [2.05, 4.69) is 30.9 Å². The number of fused-ring (bicyclic) bond motifs is 1. The van der Waals surface area contributed by atoms with Crippen LogP contribution >= 0.6 is 15.9 Å². The molecule has 0 unspecified atom stereocenters. The van der Waals surface area contributed by atoms with Crippen molar-refractivity contribution in [3.8, 4) is 0 Å². The van der Waals surface area contributed by atoms with E-state index in [9.17, 15) is 4.39 Å². The first-order chi connectivity index (χ1) is 10.1. The number of H-pyrrole nitrogens is 1. The maximum absolute atomic E-state index is 14.2. The predicted octanol–water partition coefficient (Wildman–Crippen LogP) is 3.70. The van der Waals surface area contributed by atoms with E-state index >= 15 is 0 Å². The third-order valence-electron chi connectivity index (χ3n) is 3.07. The molecule has 0 fully saturated rings. The molecule has 2 aromatic heterocycles. The minimum atomic E-state index is -0.396. The van der Waals surface area contributed by atoms with Crippen LogP contribution in [0.3, 0.4) is 0 Å². The highest BCUT2D eigenvalue weighted by atomic mass is 79.9. The maximum atomic E-state index is 14.2. The number of benzene rings is 1. The molecule has 3 aromatic rings. The first-order valence-electron chi connectivity index (χ1n) is 6.33. The van der Waals surface area contributed by atoms with Gasteiger partial charge in [-0.15, -0.1) is 0 Å². The van der Waals surface area contributed by atoms with Gasteiger partial charge in [-0.25, -0.2) is 14.4 Å². The Balaban J connectivity index is 1.97. The summed E-state index contributed by atoms with van der Waals surface area (Å²) in [6, 6.07) is 9.76. The van der Waals surface area contributed by atoms with Crippen molar-refractivity contribution in [2.75, 3.05) is 0 Å². The van der Waals surface area contributed by atoms with Gasteiger partial charge in [-0.3, -0.25) is 0 Å². The summed E-state index contributed by atoms with van der Waals surface area (Å²) in [5.74, 6) is 0.0222. The van der Waals surface area contributed by atoms with Crippen molar-refractivity contribution in [3.63, 3.8) is 0 Å². The van der Waals surface area contributed by atoms with Crippen molar-refractivity contribution < 1.29 is 4.39 Å². The fourth-order valence-corrected chi connectivity index (χ4v) is 2.41. The molecule has 0 aliphatic heterocycles. The molecule has 2 heterocycles. The Morgan fingerprint density at radius 1 is 1.33 bits per heavy atom. The lowest BCUT2D eigenvalue weighted by Crippen LogP contribution is -2.14. The molecule has 0 amide bonds. The molecule has 0 spiro atoms. The molecule has 1 aromatic carbocycles. The van der Waals surface area contributed by atoms with Gasteiger partial charge in [0.25, 0.3) is 0 Å². The van der Waals surface area contributed by atoms with Crippen LogP contribution in [0.4, 0.5) is 10.1 Å². The minimum absolute atomic E-state index is 0.299. The second-order valence-electron chi connectivity index (χ2n) is 4.58. The van der Waals surface area contributed by atoms with Crippen molar-refractivity contribution in [1.29, 1.82) is 0 Å². The van der Waals surface area contributed by atoms with Gasteiger partial charge in [0.1, 0.15) is 11.5 Å². The predicted molar refractivity (Wildman–Crippen MR) is 85.2 cm³/mol. The average molecular weight is 347 g/mol. The number of hydrogen-bond acceptors (Lipinski definition) is 2. The summed E-state index contributed by atoms with van der Waals surface area (Å²) >= 11 is 3.12. The summed E-state index contributed by atoms with van der Waals surface area (Å²) in [6.07, 6.45) is 3.52. The third-order valence-corrected chi connectivity index (χ3v) is 3.62. The zero-order valence-corrected chi connectivity index (χ0v) is 12.6. The summed E-state index contributed by atoms with van der Waals surface area (Å²) in [4.78, 5) is 11.3. The van der Waals surface area contributed by atoms with Gasteiger partial charge < -0.3 is 10.7 Å². The number of amidine groups is 1. The largest absolute Gasteiger partial charge is 0.387 e. The number of aromatic amines is 1. The van der Waals surface area contributed by atoms with Crippen LogP contribution in [0, 0.1) is 5.82 Å². The molecular weight excluding hydrogens is 335 g/mol. The van der Waals surface area contributed by atoms with E-state index in [1.807, 2.05) is 30.3 Å². The number of hydrogen-bond donors (Lipinski definition) is 2. The average Bonchev–Trinajstić information content (AvgIpc) is 2.87. The van der Waals surface area contributed by atoms with E-state index in [1.165, 1.54) is 6.20 Å². The molecule has 106 valence electrons. The Morgan fingerprint density at radius 3 is 2.86 bits per heavy atom. The highest BCUT2D eigenvalue weighted by Gasteiger charge is 2.13. The zero-order chi connectivity index (χ0) is 14.8. The molecule has 0 atom stereocenters. The smallest absolute Gasteiger partial charge is 0.152 e. The first kappa shape index (κ1) is 13.8. The third kappa shape index (κ3) is 2.80. The lowest BCUT2D eigenvalue weighted by Gasteiger charge is -2.01. The molecule has 4 nitrogen and oxygen atoms in total. The van der Waals surface area contributed by atoms with Crippen LogP contribution in [-0.4, -0.2) is 15.8 Å². The second kappa shape index (κ2) is 5.65. The van der Waals surface area contributed by atoms with Crippen LogP contribution in [0.2, 0.25) is 0 Å². The molecule has 0 saturated heterocycles. The number of aromatic nitrogens is 2. The first-order valence-corrected chi connectivity index (χ1v) is 7.12. The van der Waals surface area contributed by atoms with E-state index < -0.39 is 5.82 Å². The lowest BCUT2D eigenvalue weighted by molar-refractivity contribution is 0.632. The maximum Gasteiger partial charge on any atom is 0.152 e. The lowest BCUT2D eigenvalue weighted by atomic mass is 10.1. The number of nitrogens with two attached hydrogens (primary N) is 1. The Kier molecular flexibility index (Phi) is 3.70. The van der Waals surface area contributed by atoms with Crippen LogP contribution in [-0.2, 0) is 6.42 Å². The minimum Gasteiger partial charge on any atom is -0.387 e. The molecule has 0 saturated carbocycles. The highest BCUT2D eigenvalue weighted by molar-refractivity contribution is 9.10. The summed E-state index contributed by atoms with van der Waals surface area (Å²) in [6.45, 7) is 0. The molecule has 0 aliphatic carbocycles. The van der Waals surface area contributed by atoms with Crippen molar-refractivity contribution in [2.24, 2.45) is 10.7 Å². The molecule has 3 N–H and O–H groups in total. The SMILES string of the molecule is NC(Cc1ccccc1)=Nc1c[nH]c2ncc(Br)c(F)c12. The van der Waals surface area contributed by atoms with E-state index in [-0.39, 0.29) is 0 Å². The van der Waals surface area contributed by atoms with Crippen LogP contribution in [0.25, 0.3) is 11.0 Å². The molecule has 0 bridgehead atoms. The van der Waals surface area contributed by atoms with Crippen LogP contribution in [0.1, 0.15) is 5.56 Å². The Bertz CT molecular complexity index is 811. The van der Waals surface area contributed by atoms with Crippen molar-refractivity contribution in [1.82, 2.24) is 9.97 Å². The molecular formula is C15H12BrFN4. The quantitative estimate of drug-likeness (QED) is 0.560. The number of aliphatic imine (C=N–C) groups is 1. The van der Waals surface area contributed by atoms with Gasteiger partial charge in [0.2, 0.25) is 0 Å². The normalized spacial score (nSPS) is 12.0. The molecule has 0 aliphatic rings. The van der Waals surface area contributed by atoms with Gasteiger partial charge in [-0.2, -0.15) is 0 Å². The van der Waals surface area contributed by atoms with Crippen molar-refractivity contribution in [3.05, 3.63) is 58.6 Å². The number of nitrogens with one attached hydrogen (secondary N) is 1. The number of nitrogens with zero attached hydrogens (tertiary/aromatic N) is 2. The van der Waals surface area contributed by atoms with Crippen LogP contribution in [0.5, 0.6) is 0 Å². The Morgan fingerprint density at radius 2 is 2.10 bits per heavy atom. The number of halogens is 2.